The van der Waals surface area contributed by atoms with Crippen molar-refractivity contribution < 1.29 is 0 Å². The Morgan fingerprint density at radius 1 is 1.33 bits per heavy atom. The van der Waals surface area contributed by atoms with Crippen LogP contribution in [-0.2, 0) is 0 Å². The molecule has 0 radical (unpaired) electrons. The lowest BCUT2D eigenvalue weighted by atomic mass is 10.1. The third kappa shape index (κ3) is 1.10. The van der Waals surface area contributed by atoms with Crippen LogP contribution in [0.25, 0.3) is 10.9 Å². The van der Waals surface area contributed by atoms with Gasteiger partial charge in [0.2, 0.25) is 0 Å². The Hall–Kier alpha value is -1.28. The van der Waals surface area contributed by atoms with Crippen LogP contribution >= 0.6 is 0 Å². The lowest BCUT2D eigenvalue weighted by Gasteiger charge is -2.04. The summed E-state index contributed by atoms with van der Waals surface area (Å²) in [7, 11) is 0. The Bertz CT molecular complexity index is 387. The molecule has 0 aliphatic carbocycles. The highest BCUT2D eigenvalue weighted by atomic mass is 14.7. The Morgan fingerprint density at radius 3 is 2.92 bits per heavy atom. The first-order valence-corrected chi connectivity index (χ1v) is 4.10. The van der Waals surface area contributed by atoms with Crippen LogP contribution in [0.15, 0.2) is 30.5 Å². The molecule has 0 spiro atoms. The summed E-state index contributed by atoms with van der Waals surface area (Å²) in [6, 6.07) is 8.42. The summed E-state index contributed by atoms with van der Waals surface area (Å²) in [6.45, 7) is 1.99. The molecule has 0 bridgehead atoms. The molecular formula is C10H12N2. The van der Waals surface area contributed by atoms with E-state index in [9.17, 15) is 0 Å². The maximum Gasteiger partial charge on any atom is 0.0454 e. The fourth-order valence-electron chi connectivity index (χ4n) is 1.35. The van der Waals surface area contributed by atoms with E-state index in [-0.39, 0.29) is 6.04 Å². The molecule has 0 aliphatic heterocycles. The maximum atomic E-state index is 5.76. The van der Waals surface area contributed by atoms with E-state index in [1.165, 1.54) is 16.5 Å². The highest BCUT2D eigenvalue weighted by Gasteiger charge is 2.00. The molecule has 0 aliphatic rings. The molecule has 2 aromatic rings. The molecule has 1 heterocycles. The zero-order chi connectivity index (χ0) is 8.55. The van der Waals surface area contributed by atoms with Gasteiger partial charge in [0, 0.05) is 17.8 Å². The molecule has 1 aromatic carbocycles. The topological polar surface area (TPSA) is 41.8 Å². The van der Waals surface area contributed by atoms with Crippen molar-refractivity contribution >= 4 is 10.9 Å². The third-order valence-electron chi connectivity index (χ3n) is 2.10. The zero-order valence-electron chi connectivity index (χ0n) is 7.04. The van der Waals surface area contributed by atoms with Crippen molar-refractivity contribution in [3.8, 4) is 0 Å². The number of hydrogen-bond acceptors (Lipinski definition) is 1. The van der Waals surface area contributed by atoms with Crippen LogP contribution in [0, 0.1) is 0 Å². The van der Waals surface area contributed by atoms with Gasteiger partial charge in [-0.25, -0.2) is 0 Å². The van der Waals surface area contributed by atoms with E-state index < -0.39 is 0 Å². The first-order chi connectivity index (χ1) is 5.77. The number of aromatic nitrogens is 1. The molecule has 1 atom stereocenters. The number of H-pyrrole nitrogens is 1. The highest BCUT2D eigenvalue weighted by molar-refractivity contribution is 5.79. The van der Waals surface area contributed by atoms with Crippen LogP contribution in [0.1, 0.15) is 18.5 Å². The van der Waals surface area contributed by atoms with Crippen molar-refractivity contribution in [2.45, 2.75) is 13.0 Å². The van der Waals surface area contributed by atoms with Gasteiger partial charge in [0.05, 0.1) is 0 Å². The quantitative estimate of drug-likeness (QED) is 0.659. The molecule has 2 nitrogen and oxygen atoms in total. The van der Waals surface area contributed by atoms with E-state index in [2.05, 4.69) is 29.2 Å². The lowest BCUT2D eigenvalue weighted by molar-refractivity contribution is 0.820. The predicted molar refractivity (Wildman–Crippen MR) is 50.9 cm³/mol. The number of rotatable bonds is 1. The van der Waals surface area contributed by atoms with Crippen molar-refractivity contribution in [2.24, 2.45) is 5.73 Å². The van der Waals surface area contributed by atoms with Crippen LogP contribution in [0.5, 0.6) is 0 Å². The third-order valence-corrected chi connectivity index (χ3v) is 2.10. The average molecular weight is 160 g/mol. The van der Waals surface area contributed by atoms with Gasteiger partial charge in [-0.1, -0.05) is 6.07 Å². The largest absolute Gasteiger partial charge is 0.361 e. The van der Waals surface area contributed by atoms with Gasteiger partial charge in [-0.05, 0) is 36.1 Å². The summed E-state index contributed by atoms with van der Waals surface area (Å²) in [5, 5.41) is 1.23. The number of aromatic amines is 1. The smallest absolute Gasteiger partial charge is 0.0454 e. The molecule has 12 heavy (non-hydrogen) atoms. The van der Waals surface area contributed by atoms with Crippen molar-refractivity contribution in [1.82, 2.24) is 4.98 Å². The molecule has 0 saturated heterocycles. The van der Waals surface area contributed by atoms with Gasteiger partial charge in [0.25, 0.3) is 0 Å². The Morgan fingerprint density at radius 2 is 2.17 bits per heavy atom. The average Bonchev–Trinajstić information content (AvgIpc) is 2.49. The minimum atomic E-state index is 0.115. The standard InChI is InChI=1S/C10H12N2/c1-7(11)8-2-3-10-9(6-8)4-5-12-10/h2-7,12H,11H2,1H3/t7-/m1/s1. The number of fused-ring (bicyclic) bond motifs is 1. The molecular weight excluding hydrogens is 148 g/mol. The Balaban J connectivity index is 2.60. The van der Waals surface area contributed by atoms with Gasteiger partial charge in [-0.3, -0.25) is 0 Å². The van der Waals surface area contributed by atoms with Gasteiger partial charge in [0.1, 0.15) is 0 Å². The fourth-order valence-corrected chi connectivity index (χ4v) is 1.35. The van der Waals surface area contributed by atoms with Crippen LogP contribution in [-0.4, -0.2) is 4.98 Å². The van der Waals surface area contributed by atoms with Crippen molar-refractivity contribution in [2.75, 3.05) is 0 Å². The van der Waals surface area contributed by atoms with E-state index in [0.29, 0.717) is 0 Å². The molecule has 0 amide bonds. The van der Waals surface area contributed by atoms with Crippen molar-refractivity contribution in [3.63, 3.8) is 0 Å². The van der Waals surface area contributed by atoms with E-state index in [1.54, 1.807) is 0 Å². The Kier molecular flexibility index (Phi) is 1.62. The van der Waals surface area contributed by atoms with Crippen LogP contribution in [0.2, 0.25) is 0 Å². The van der Waals surface area contributed by atoms with Crippen LogP contribution in [0.4, 0.5) is 0 Å². The summed E-state index contributed by atoms with van der Waals surface area (Å²) in [5.41, 5.74) is 8.11. The van der Waals surface area contributed by atoms with E-state index >= 15 is 0 Å². The summed E-state index contributed by atoms with van der Waals surface area (Å²) in [6.07, 6.45) is 1.94. The summed E-state index contributed by atoms with van der Waals surface area (Å²) in [4.78, 5) is 3.14. The normalized spacial score (nSPS) is 13.5. The molecule has 0 saturated carbocycles. The Labute approximate surface area is 71.4 Å². The fraction of sp³-hybridized carbons (Fsp3) is 0.200. The van der Waals surface area contributed by atoms with E-state index in [4.69, 9.17) is 5.73 Å². The molecule has 2 heteroatoms. The first-order valence-electron chi connectivity index (χ1n) is 4.10. The number of nitrogens with one attached hydrogen (secondary N) is 1. The van der Waals surface area contributed by atoms with E-state index in [0.717, 1.165) is 0 Å². The minimum absolute atomic E-state index is 0.115. The SMILES string of the molecule is C[C@@H](N)c1ccc2[nH]ccc2c1. The van der Waals surface area contributed by atoms with E-state index in [1.807, 2.05) is 13.1 Å². The first kappa shape index (κ1) is 7.37. The molecule has 1 aromatic heterocycles. The minimum Gasteiger partial charge on any atom is -0.361 e. The summed E-state index contributed by atoms with van der Waals surface area (Å²) in [5.74, 6) is 0. The van der Waals surface area contributed by atoms with Crippen molar-refractivity contribution in [1.29, 1.82) is 0 Å². The van der Waals surface area contributed by atoms with Crippen molar-refractivity contribution in [3.05, 3.63) is 36.0 Å². The molecule has 2 rings (SSSR count). The highest BCUT2D eigenvalue weighted by Crippen LogP contribution is 2.17. The summed E-state index contributed by atoms with van der Waals surface area (Å²) >= 11 is 0. The molecule has 62 valence electrons. The van der Waals surface area contributed by atoms with Gasteiger partial charge >= 0.3 is 0 Å². The second-order valence-corrected chi connectivity index (χ2v) is 3.11. The second kappa shape index (κ2) is 2.64. The predicted octanol–water partition coefficient (Wildman–Crippen LogP) is 2.19. The summed E-state index contributed by atoms with van der Waals surface area (Å²) < 4.78 is 0. The van der Waals surface area contributed by atoms with Crippen LogP contribution in [0.3, 0.4) is 0 Å². The van der Waals surface area contributed by atoms with Gasteiger partial charge in [-0.2, -0.15) is 0 Å². The van der Waals surface area contributed by atoms with Crippen LogP contribution < -0.4 is 5.73 Å². The van der Waals surface area contributed by atoms with Gasteiger partial charge in [-0.15, -0.1) is 0 Å². The zero-order valence-corrected chi connectivity index (χ0v) is 7.04. The number of nitrogens with two attached hydrogens (primary N) is 1. The number of hydrogen-bond donors (Lipinski definition) is 2. The number of benzene rings is 1. The molecule has 3 N–H and O–H groups in total. The lowest BCUT2D eigenvalue weighted by Crippen LogP contribution is -2.04. The monoisotopic (exact) mass is 160 g/mol. The molecule has 0 fully saturated rings. The maximum absolute atomic E-state index is 5.76. The van der Waals surface area contributed by atoms with Gasteiger partial charge < -0.3 is 10.7 Å². The second-order valence-electron chi connectivity index (χ2n) is 3.11. The van der Waals surface area contributed by atoms with Gasteiger partial charge in [0.15, 0.2) is 0 Å². The molecule has 0 unspecified atom stereocenters.